The molecule has 0 bridgehead atoms. The van der Waals surface area contributed by atoms with E-state index >= 15 is 0 Å². The fraction of sp³-hybridized carbons (Fsp3) is 0.308. The highest BCUT2D eigenvalue weighted by molar-refractivity contribution is 9.10. The van der Waals surface area contributed by atoms with Crippen LogP contribution < -0.4 is 5.73 Å². The summed E-state index contributed by atoms with van der Waals surface area (Å²) in [6.07, 6.45) is 6.00. The van der Waals surface area contributed by atoms with Crippen LogP contribution in [0.2, 0.25) is 0 Å². The van der Waals surface area contributed by atoms with E-state index in [1.807, 2.05) is 48.7 Å². The zero-order valence-corrected chi connectivity index (χ0v) is 20.9. The summed E-state index contributed by atoms with van der Waals surface area (Å²) >= 11 is 3.62. The molecule has 0 unspecified atom stereocenters. The molecule has 1 fully saturated rings. The summed E-state index contributed by atoms with van der Waals surface area (Å²) in [5.74, 6) is -0.247. The van der Waals surface area contributed by atoms with Crippen LogP contribution >= 0.6 is 15.9 Å². The first-order valence-electron chi connectivity index (χ1n) is 11.5. The zero-order chi connectivity index (χ0) is 24.6. The third-order valence-corrected chi connectivity index (χ3v) is 7.81. The number of pyridine rings is 1. The number of nitrogens with zero attached hydrogens (tertiary/aromatic N) is 4. The van der Waals surface area contributed by atoms with E-state index in [9.17, 15) is 9.90 Å². The van der Waals surface area contributed by atoms with Crippen molar-refractivity contribution in [3.8, 4) is 22.4 Å². The maximum absolute atomic E-state index is 11.9. The van der Waals surface area contributed by atoms with Crippen LogP contribution in [0.25, 0.3) is 28.0 Å². The van der Waals surface area contributed by atoms with Gasteiger partial charge in [-0.25, -0.2) is 4.98 Å². The molecule has 1 aliphatic rings. The van der Waals surface area contributed by atoms with E-state index < -0.39 is 11.4 Å². The SMILES string of the molecule is COCC1(C(=O)O)CCC(c2nc3c(-c4ccc(-c5ccccc5)nc4)cnn3c(N)c2Br)CC1. The average Bonchev–Trinajstić information content (AvgIpc) is 3.31. The zero-order valence-electron chi connectivity index (χ0n) is 19.3. The molecule has 3 heterocycles. The number of rotatable bonds is 6. The second-order valence-corrected chi connectivity index (χ2v) is 9.87. The Kier molecular flexibility index (Phi) is 6.29. The van der Waals surface area contributed by atoms with Crippen LogP contribution in [0.4, 0.5) is 5.82 Å². The van der Waals surface area contributed by atoms with E-state index in [4.69, 9.17) is 15.5 Å². The van der Waals surface area contributed by atoms with Gasteiger partial charge in [-0.3, -0.25) is 9.78 Å². The molecule has 0 radical (unpaired) electrons. The molecule has 1 saturated carbocycles. The molecule has 9 heteroatoms. The first kappa shape index (κ1) is 23.4. The summed E-state index contributed by atoms with van der Waals surface area (Å²) in [7, 11) is 1.55. The third-order valence-electron chi connectivity index (χ3n) is 7.00. The summed E-state index contributed by atoms with van der Waals surface area (Å²) in [5.41, 5.74) is 10.8. The van der Waals surface area contributed by atoms with E-state index in [-0.39, 0.29) is 12.5 Å². The molecule has 4 aromatic rings. The van der Waals surface area contributed by atoms with Gasteiger partial charge >= 0.3 is 5.97 Å². The van der Waals surface area contributed by atoms with Gasteiger partial charge in [0.05, 0.1) is 34.1 Å². The van der Waals surface area contributed by atoms with Gasteiger partial charge in [-0.2, -0.15) is 9.61 Å². The van der Waals surface area contributed by atoms with Crippen LogP contribution in [-0.4, -0.2) is 44.4 Å². The lowest BCUT2D eigenvalue weighted by molar-refractivity contribution is -0.155. The van der Waals surface area contributed by atoms with Crippen molar-refractivity contribution < 1.29 is 14.6 Å². The molecule has 0 aliphatic heterocycles. The van der Waals surface area contributed by atoms with Crippen molar-refractivity contribution in [2.75, 3.05) is 19.5 Å². The topological polar surface area (TPSA) is 116 Å². The summed E-state index contributed by atoms with van der Waals surface area (Å²) in [5, 5.41) is 14.3. The lowest BCUT2D eigenvalue weighted by atomic mass is 9.70. The molecule has 8 nitrogen and oxygen atoms in total. The van der Waals surface area contributed by atoms with Crippen molar-refractivity contribution in [1.82, 2.24) is 19.6 Å². The van der Waals surface area contributed by atoms with Gasteiger partial charge in [0.25, 0.3) is 0 Å². The molecule has 3 N–H and O–H groups in total. The highest BCUT2D eigenvalue weighted by atomic mass is 79.9. The molecule has 35 heavy (non-hydrogen) atoms. The second kappa shape index (κ2) is 9.39. The highest BCUT2D eigenvalue weighted by Gasteiger charge is 2.43. The van der Waals surface area contributed by atoms with E-state index in [2.05, 4.69) is 26.0 Å². The Bertz CT molecular complexity index is 1360. The van der Waals surface area contributed by atoms with Gasteiger partial charge < -0.3 is 15.6 Å². The first-order valence-corrected chi connectivity index (χ1v) is 12.3. The van der Waals surface area contributed by atoms with Gasteiger partial charge in [0.15, 0.2) is 5.65 Å². The van der Waals surface area contributed by atoms with E-state index in [1.165, 1.54) is 0 Å². The molecule has 1 aromatic carbocycles. The van der Waals surface area contributed by atoms with E-state index in [1.54, 1.807) is 17.8 Å². The largest absolute Gasteiger partial charge is 0.481 e. The Balaban J connectivity index is 1.48. The number of aromatic nitrogens is 4. The van der Waals surface area contributed by atoms with Crippen molar-refractivity contribution in [1.29, 1.82) is 0 Å². The minimum atomic E-state index is -0.846. The fourth-order valence-corrected chi connectivity index (χ4v) is 5.54. The summed E-state index contributed by atoms with van der Waals surface area (Å²) < 4.78 is 7.57. The smallest absolute Gasteiger partial charge is 0.311 e. The number of benzene rings is 1. The predicted octanol–water partition coefficient (Wildman–Crippen LogP) is 5.18. The molecule has 0 spiro atoms. The van der Waals surface area contributed by atoms with Crippen LogP contribution in [0, 0.1) is 5.41 Å². The van der Waals surface area contributed by atoms with Gasteiger partial charge in [0.2, 0.25) is 0 Å². The molecule has 0 atom stereocenters. The van der Waals surface area contributed by atoms with Crippen molar-refractivity contribution in [3.05, 3.63) is 65.0 Å². The van der Waals surface area contributed by atoms with Crippen molar-refractivity contribution in [3.63, 3.8) is 0 Å². The van der Waals surface area contributed by atoms with Crippen LogP contribution in [-0.2, 0) is 9.53 Å². The minimum absolute atomic E-state index is 0.0855. The molecule has 5 rings (SSSR count). The number of ether oxygens (including phenoxy) is 1. The maximum Gasteiger partial charge on any atom is 0.311 e. The number of aliphatic carboxylic acids is 1. The van der Waals surface area contributed by atoms with Crippen molar-refractivity contribution in [2.45, 2.75) is 31.6 Å². The van der Waals surface area contributed by atoms with E-state index in [0.717, 1.165) is 28.1 Å². The number of carbonyl (C=O) groups is 1. The Morgan fingerprint density at radius 2 is 1.91 bits per heavy atom. The predicted molar refractivity (Wildman–Crippen MR) is 137 cm³/mol. The van der Waals surface area contributed by atoms with Gasteiger partial charge in [-0.1, -0.05) is 36.4 Å². The number of nitrogen functional groups attached to an aromatic ring is 1. The quantitative estimate of drug-likeness (QED) is 0.349. The van der Waals surface area contributed by atoms with Crippen molar-refractivity contribution >= 4 is 33.4 Å². The number of hydrogen-bond acceptors (Lipinski definition) is 6. The van der Waals surface area contributed by atoms with Gasteiger partial charge in [0, 0.05) is 35.9 Å². The number of methoxy groups -OCH3 is 1. The van der Waals surface area contributed by atoms with Crippen LogP contribution in [0.1, 0.15) is 37.3 Å². The van der Waals surface area contributed by atoms with E-state index in [0.29, 0.717) is 41.6 Å². The summed E-state index contributed by atoms with van der Waals surface area (Å²) in [6.45, 7) is 0.212. The number of nitrogens with two attached hydrogens (primary N) is 1. The van der Waals surface area contributed by atoms with Crippen LogP contribution in [0.15, 0.2) is 59.3 Å². The van der Waals surface area contributed by atoms with Crippen molar-refractivity contribution in [2.24, 2.45) is 5.41 Å². The Hall–Kier alpha value is -3.30. The Morgan fingerprint density at radius 3 is 2.54 bits per heavy atom. The lowest BCUT2D eigenvalue weighted by Gasteiger charge is -2.36. The normalized spacial score (nSPS) is 20.2. The Labute approximate surface area is 211 Å². The van der Waals surface area contributed by atoms with Crippen LogP contribution in [0.5, 0.6) is 0 Å². The van der Waals surface area contributed by atoms with Gasteiger partial charge in [0.1, 0.15) is 5.82 Å². The standard InChI is InChI=1S/C26H26BrN5O3/c1-35-15-26(25(33)34)11-9-17(10-12-26)22-21(27)23(28)32-24(31-22)19(14-30-32)18-7-8-20(29-13-18)16-5-3-2-4-6-16/h2-8,13-14,17H,9-12,15,28H2,1H3,(H,33,34). The summed E-state index contributed by atoms with van der Waals surface area (Å²) in [4.78, 5) is 21.6. The molecule has 3 aromatic heterocycles. The number of carboxylic acids is 1. The maximum atomic E-state index is 11.9. The molecular formula is C26H26BrN5O3. The number of anilines is 1. The third kappa shape index (κ3) is 4.19. The Morgan fingerprint density at radius 1 is 1.17 bits per heavy atom. The van der Waals surface area contributed by atoms with Gasteiger partial charge in [-0.15, -0.1) is 0 Å². The lowest BCUT2D eigenvalue weighted by Crippen LogP contribution is -2.39. The molecule has 0 saturated heterocycles. The molecule has 0 amide bonds. The van der Waals surface area contributed by atoms with Gasteiger partial charge in [-0.05, 0) is 47.7 Å². The number of hydrogen-bond donors (Lipinski definition) is 2. The van der Waals surface area contributed by atoms with Crippen LogP contribution in [0.3, 0.4) is 0 Å². The molecular weight excluding hydrogens is 510 g/mol. The average molecular weight is 536 g/mol. The minimum Gasteiger partial charge on any atom is -0.481 e. The first-order chi connectivity index (χ1) is 16.9. The number of halogens is 1. The molecule has 1 aliphatic carbocycles. The summed E-state index contributed by atoms with van der Waals surface area (Å²) in [6, 6.07) is 14.0. The number of fused-ring (bicyclic) bond motifs is 1. The fourth-order valence-electron chi connectivity index (χ4n) is 4.96. The molecule has 180 valence electrons. The number of carboxylic acid groups (broad SMARTS) is 1. The monoisotopic (exact) mass is 535 g/mol. The second-order valence-electron chi connectivity index (χ2n) is 9.08. The highest BCUT2D eigenvalue weighted by Crippen LogP contribution is 2.45.